The van der Waals surface area contributed by atoms with Crippen LogP contribution in [-0.4, -0.2) is 107 Å². The number of fused-ring (bicyclic) bond motifs is 5. The highest BCUT2D eigenvalue weighted by atomic mass is 127. The Labute approximate surface area is 745 Å². The molecule has 10 aromatic heterocycles. The van der Waals surface area contributed by atoms with Crippen molar-refractivity contribution in [1.82, 2.24) is 101 Å². The van der Waals surface area contributed by atoms with E-state index in [1.165, 1.54) is 23.4 Å². The molecule has 1 aliphatic rings. The first-order valence-electron chi connectivity index (χ1n) is 39.9. The molecule has 0 saturated heterocycles. The summed E-state index contributed by atoms with van der Waals surface area (Å²) in [6, 6.07) is 90.6. The van der Waals surface area contributed by atoms with Crippen LogP contribution in [0.4, 0.5) is 58.2 Å². The lowest BCUT2D eigenvalue weighted by atomic mass is 10.1. The minimum absolute atomic E-state index is 0.539. The maximum atomic E-state index is 8.95. The molecule has 1 saturated carbocycles. The predicted octanol–water partition coefficient (Wildman–Crippen LogP) is 23.8. The van der Waals surface area contributed by atoms with Crippen LogP contribution in [0.5, 0.6) is 0 Å². The Morgan fingerprint density at radius 3 is 1.01 bits per heavy atom. The number of para-hydroxylation sites is 5. The molecule has 1 fully saturated rings. The first-order chi connectivity index (χ1) is 61.1. The first kappa shape index (κ1) is 82.4. The van der Waals surface area contributed by atoms with Gasteiger partial charge in [0.15, 0.2) is 58.2 Å². The van der Waals surface area contributed by atoms with E-state index in [0.29, 0.717) is 73.9 Å². The van der Waals surface area contributed by atoms with Gasteiger partial charge < -0.3 is 26.6 Å². The van der Waals surface area contributed by atoms with Crippen LogP contribution in [-0.2, 0) is 0 Å². The van der Waals surface area contributed by atoms with Gasteiger partial charge in [-0.1, -0.05) is 145 Å². The highest BCUT2D eigenvalue weighted by Gasteiger charge is 2.26. The maximum absolute atomic E-state index is 8.95. The van der Waals surface area contributed by atoms with Crippen LogP contribution >= 0.6 is 57.6 Å². The largest absolute Gasteiger partial charge is 0.323 e. The Morgan fingerprint density at radius 2 is 0.664 bits per heavy atom. The molecule has 0 radical (unpaired) electrons. The fourth-order valence-electron chi connectivity index (χ4n) is 13.5. The number of anilines is 10. The molecule has 1 aliphatic carbocycles. The number of aromatic nitrogens is 20. The first-order valence-corrected chi connectivity index (χ1v) is 42.8. The third-order valence-corrected chi connectivity index (χ3v) is 21.6. The third kappa shape index (κ3) is 20.5. The lowest BCUT2D eigenvalue weighted by Gasteiger charge is -2.10. The number of nitrogens with zero attached hydrogens (tertiary/aromatic N) is 16. The van der Waals surface area contributed by atoms with Gasteiger partial charge >= 0.3 is 0 Å². The molecule has 10 heterocycles. The smallest absolute Gasteiger partial charge is 0.162 e. The summed E-state index contributed by atoms with van der Waals surface area (Å²) >= 11 is 16.4. The van der Waals surface area contributed by atoms with Crippen molar-refractivity contribution < 1.29 is 0 Å². The average molecular weight is 1810 g/mol. The van der Waals surface area contributed by atoms with Gasteiger partial charge in [-0.05, 0) is 196 Å². The number of benzene rings is 10. The summed E-state index contributed by atoms with van der Waals surface area (Å²) in [6.07, 6.45) is 2.49. The molecule has 21 rings (SSSR count). The molecule has 26 nitrogen and oxygen atoms in total. The molecule has 0 unspecified atom stereocenters. The SMILES string of the molecule is CCSc1ccc(-c2nc(Nc3cc(C)[nH]n3)c3ccccc3n2)cc1.Cc1cc(Nc2nc(-c3cc(Cl)cc(Cl)c3)nc3ccccc23)n[nH]1.Cc1cc(Nc2nc(-c3ccc(C#N)cc3)nc3ccccc23)n[nH]1.Cc1cc(Nc2nc(-c3cccc(I)c3)nc3ccccc23)n[nH]1.c1ccc(-c2nc(Nc3cc(C4CC4)[nH]n3)c3ccccc3n2)cc1. The summed E-state index contributed by atoms with van der Waals surface area (Å²) in [5, 5.41) is 67.4. The number of aryl methyl sites for hydroxylation is 4. The standard InChI is InChI=1S/C20H19N5S.C20H17N5.C19H14N6.C18H13Cl2N5.C18H14IN5/c1-3-26-15-10-8-14(9-11-15)19-21-17-7-5-4-6-16(17)20(23-19)22-18-12-13(2)24-25-18;1-2-6-14(7-3-1)19-21-16-9-5-4-8-15(16)20(23-19)22-18-12-17(24-25-18)13-10-11-13;1-12-10-17(25-24-12)22-19-15-4-2-3-5-16(15)21-18(23-19)14-8-6-13(11-20)7-9-14;1-10-6-16(25-24-10)22-18-14-4-2-3-5-15(14)21-17(23-18)11-7-12(19)9-13(20)8-11;1-11-9-16(24-23-11)21-18-14-7-2-3-8-15(14)20-17(22-18)12-5-4-6-13(19)10-12/h4-12H,3H2,1-2H3,(H2,21,22,23,24,25);1-9,12-13H,10-11H2,(H2,21,22,23,24,25);2-10H,1H3,(H2,21,22,23,24,25);2-9H,1H3,(H2,21,22,23,24,25);2-10H,1H3,(H2,20,21,22,23,24). The highest BCUT2D eigenvalue weighted by Crippen LogP contribution is 2.41. The van der Waals surface area contributed by atoms with Crippen molar-refractivity contribution in [1.29, 1.82) is 5.26 Å². The number of aromatic amines is 5. The average Bonchev–Trinajstić information content (AvgIpc) is 1.64. The molecule has 30 heteroatoms. The summed E-state index contributed by atoms with van der Waals surface area (Å²) in [5.41, 5.74) is 14.7. The quantitative estimate of drug-likeness (QED) is 0.0282. The van der Waals surface area contributed by atoms with Crippen molar-refractivity contribution in [3.05, 3.63) is 321 Å². The number of nitriles is 1. The number of H-pyrrole nitrogens is 5. The van der Waals surface area contributed by atoms with E-state index in [-0.39, 0.29) is 0 Å². The third-order valence-electron chi connectivity index (χ3n) is 19.6. The van der Waals surface area contributed by atoms with E-state index < -0.39 is 0 Å². The minimum atomic E-state index is 0.539. The number of hydrogen-bond acceptors (Lipinski definition) is 22. The number of hydrogen-bond donors (Lipinski definition) is 10. The lowest BCUT2D eigenvalue weighted by Crippen LogP contribution is -1.99. The zero-order valence-corrected chi connectivity index (χ0v) is 72.4. The van der Waals surface area contributed by atoms with E-state index in [9.17, 15) is 0 Å². The van der Waals surface area contributed by atoms with E-state index >= 15 is 0 Å². The van der Waals surface area contributed by atoms with Gasteiger partial charge in [0, 0.05) is 138 Å². The molecular weight excluding hydrogens is 1740 g/mol. The molecule has 0 amide bonds. The lowest BCUT2D eigenvalue weighted by molar-refractivity contribution is 0.966. The predicted molar refractivity (Wildman–Crippen MR) is 509 cm³/mol. The van der Waals surface area contributed by atoms with Crippen LogP contribution in [0.15, 0.2) is 278 Å². The molecule has 20 aromatic rings. The second kappa shape index (κ2) is 38.0. The molecule has 0 bridgehead atoms. The second-order valence-electron chi connectivity index (χ2n) is 29.1. The number of nitrogens with one attached hydrogen (secondary N) is 10. The Hall–Kier alpha value is -14.9. The van der Waals surface area contributed by atoms with E-state index in [2.05, 4.69) is 176 Å². The van der Waals surface area contributed by atoms with Gasteiger partial charge in [-0.2, -0.15) is 30.8 Å². The van der Waals surface area contributed by atoms with Gasteiger partial charge in [0.1, 0.15) is 29.1 Å². The minimum Gasteiger partial charge on any atom is -0.323 e. The zero-order valence-electron chi connectivity index (χ0n) is 67.9. The molecule has 0 aliphatic heterocycles. The van der Waals surface area contributed by atoms with Crippen LogP contribution in [0.3, 0.4) is 0 Å². The van der Waals surface area contributed by atoms with Crippen molar-refractivity contribution in [3.63, 3.8) is 0 Å². The van der Waals surface area contributed by atoms with E-state index in [1.807, 2.05) is 240 Å². The van der Waals surface area contributed by atoms with Gasteiger partial charge in [0.05, 0.1) is 39.2 Å². The van der Waals surface area contributed by atoms with Crippen molar-refractivity contribution in [2.75, 3.05) is 32.3 Å². The number of rotatable bonds is 18. The number of thioether (sulfide) groups is 1. The zero-order chi connectivity index (χ0) is 85.7. The van der Waals surface area contributed by atoms with Crippen molar-refractivity contribution in [2.24, 2.45) is 0 Å². The Balaban J connectivity index is 0.000000110. The summed E-state index contributed by atoms with van der Waals surface area (Å²) in [4.78, 5) is 48.3. The van der Waals surface area contributed by atoms with Crippen LogP contribution < -0.4 is 26.6 Å². The molecule has 0 atom stereocenters. The van der Waals surface area contributed by atoms with Crippen LogP contribution in [0.25, 0.3) is 111 Å². The summed E-state index contributed by atoms with van der Waals surface area (Å²) in [6.45, 7) is 9.97. The van der Waals surface area contributed by atoms with Crippen LogP contribution in [0, 0.1) is 42.6 Å². The second-order valence-corrected chi connectivity index (χ2v) is 32.6. The van der Waals surface area contributed by atoms with E-state index in [4.69, 9.17) is 58.4 Å². The van der Waals surface area contributed by atoms with Crippen LogP contribution in [0.2, 0.25) is 10.0 Å². The summed E-state index contributed by atoms with van der Waals surface area (Å²) in [5.74, 6) is 12.3. The fraction of sp³-hybridized carbons (Fsp3) is 0.0947. The van der Waals surface area contributed by atoms with Gasteiger partial charge in [-0.3, -0.25) is 25.5 Å². The van der Waals surface area contributed by atoms with Gasteiger partial charge in [0.2, 0.25) is 0 Å². The Bertz CT molecular complexity index is 7250. The van der Waals surface area contributed by atoms with Crippen LogP contribution in [0.1, 0.15) is 59.7 Å². The Kier molecular flexibility index (Phi) is 25.1. The van der Waals surface area contributed by atoms with E-state index in [1.54, 1.807) is 30.3 Å². The van der Waals surface area contributed by atoms with Gasteiger partial charge in [0.25, 0.3) is 0 Å². The number of halogens is 3. The van der Waals surface area contributed by atoms with Crippen molar-refractivity contribution in [2.45, 2.75) is 58.3 Å². The topological polar surface area (TPSA) is 356 Å². The Morgan fingerprint density at radius 1 is 0.344 bits per heavy atom. The fourth-order valence-corrected chi connectivity index (χ4v) is 15.2. The highest BCUT2D eigenvalue weighted by molar-refractivity contribution is 14.1. The summed E-state index contributed by atoms with van der Waals surface area (Å²) < 4.78 is 1.15. The molecule has 10 aromatic carbocycles. The monoisotopic (exact) mass is 1810 g/mol. The summed E-state index contributed by atoms with van der Waals surface area (Å²) in [7, 11) is 0. The molecule has 0 spiro atoms. The van der Waals surface area contributed by atoms with E-state index in [0.717, 1.165) is 149 Å². The molecule has 614 valence electrons. The molecule has 125 heavy (non-hydrogen) atoms. The van der Waals surface area contributed by atoms with Crippen molar-refractivity contribution in [3.8, 4) is 63.0 Å². The van der Waals surface area contributed by atoms with Gasteiger partial charge in [-0.25, -0.2) is 49.8 Å². The van der Waals surface area contributed by atoms with Crippen molar-refractivity contribution >= 4 is 170 Å². The maximum Gasteiger partial charge on any atom is 0.162 e. The molecular formula is C95H77Cl2IN26S. The van der Waals surface area contributed by atoms with Gasteiger partial charge in [-0.15, -0.1) is 11.8 Å². The normalized spacial score (nSPS) is 11.5. The molecule has 10 N–H and O–H groups in total.